The van der Waals surface area contributed by atoms with E-state index >= 15 is 0 Å². The Morgan fingerprint density at radius 3 is 2.65 bits per heavy atom. The van der Waals surface area contributed by atoms with Gasteiger partial charge < -0.3 is 14.5 Å². The lowest BCUT2D eigenvalue weighted by atomic mass is 9.94. The fourth-order valence-electron chi connectivity index (χ4n) is 4.20. The molecule has 0 amide bonds. The van der Waals surface area contributed by atoms with Gasteiger partial charge in [-0.2, -0.15) is 0 Å². The number of piperidine rings is 1. The third-order valence-electron chi connectivity index (χ3n) is 6.00. The zero-order chi connectivity index (χ0) is 21.8. The number of halogens is 1. The van der Waals surface area contributed by atoms with Gasteiger partial charge in [-0.3, -0.25) is 15.6 Å². The Balaban J connectivity index is 1.23. The number of hydrogen-bond donors (Lipinski definition) is 2. The van der Waals surface area contributed by atoms with Crippen molar-refractivity contribution in [2.75, 3.05) is 32.8 Å². The molecule has 1 aromatic heterocycles. The average Bonchev–Trinajstić information content (AvgIpc) is 3.19. The van der Waals surface area contributed by atoms with E-state index in [2.05, 4.69) is 4.90 Å². The smallest absolute Gasteiger partial charge is 0.162 e. The van der Waals surface area contributed by atoms with Crippen molar-refractivity contribution in [2.24, 2.45) is 5.92 Å². The Morgan fingerprint density at radius 2 is 1.90 bits per heavy atom. The Kier molecular flexibility index (Phi) is 6.77. The Hall–Kier alpha value is -2.58. The van der Waals surface area contributed by atoms with Gasteiger partial charge in [0.05, 0.1) is 6.54 Å². The second-order valence-corrected chi connectivity index (χ2v) is 8.91. The van der Waals surface area contributed by atoms with Crippen LogP contribution < -0.4 is 4.74 Å². The number of hydrogen-bond acceptors (Lipinski definition) is 6. The highest BCUT2D eigenvalue weighted by molar-refractivity contribution is 7.12. The third-order valence-corrected chi connectivity index (χ3v) is 6.90. The van der Waals surface area contributed by atoms with Gasteiger partial charge in [-0.05, 0) is 74.6 Å². The first-order valence-corrected chi connectivity index (χ1v) is 11.6. The summed E-state index contributed by atoms with van der Waals surface area (Å²) in [5, 5.41) is 19.2. The largest absolute Gasteiger partial charge is 0.490 e. The van der Waals surface area contributed by atoms with E-state index < -0.39 is 0 Å². The molecule has 2 N–H and O–H groups in total. The highest BCUT2D eigenvalue weighted by Crippen LogP contribution is 2.30. The van der Waals surface area contributed by atoms with Gasteiger partial charge in [-0.15, -0.1) is 11.3 Å². The van der Waals surface area contributed by atoms with E-state index in [1.807, 2.05) is 11.4 Å². The van der Waals surface area contributed by atoms with Crippen molar-refractivity contribution in [1.29, 1.82) is 10.8 Å². The van der Waals surface area contributed by atoms with Crippen LogP contribution in [0.3, 0.4) is 0 Å². The molecule has 164 valence electrons. The monoisotopic (exact) mass is 442 g/mol. The summed E-state index contributed by atoms with van der Waals surface area (Å²) >= 11 is 1.48. The second-order valence-electron chi connectivity index (χ2n) is 8.00. The fraction of sp³-hybridized carbons (Fsp3) is 0.435. The average molecular weight is 443 g/mol. The molecule has 3 heterocycles. The molecular formula is C23H27FN4O2S. The lowest BCUT2D eigenvalue weighted by Gasteiger charge is -2.35. The molecule has 0 unspecified atom stereocenters. The maximum atomic E-state index is 13.0. The Labute approximate surface area is 185 Å². The van der Waals surface area contributed by atoms with Crippen LogP contribution in [0.1, 0.15) is 40.9 Å². The van der Waals surface area contributed by atoms with Crippen LogP contribution in [0, 0.1) is 22.6 Å². The van der Waals surface area contributed by atoms with Crippen LogP contribution in [-0.2, 0) is 0 Å². The summed E-state index contributed by atoms with van der Waals surface area (Å²) in [6, 6.07) is 7.62. The summed E-state index contributed by atoms with van der Waals surface area (Å²) in [5.41, 5.74) is 0.561. The Morgan fingerprint density at radius 1 is 1.16 bits per heavy atom. The molecule has 2 aliphatic heterocycles. The number of benzene rings is 1. The Bertz CT molecular complexity index is 951. The van der Waals surface area contributed by atoms with Crippen molar-refractivity contribution >= 4 is 28.8 Å². The van der Waals surface area contributed by atoms with Crippen molar-refractivity contribution in [3.8, 4) is 5.75 Å². The number of fused-ring (bicyclic) bond motifs is 1. The number of ether oxygens (including phenoxy) is 1. The number of nitrogens with one attached hydrogen (secondary N) is 2. The lowest BCUT2D eigenvalue weighted by molar-refractivity contribution is 0.0972. The summed E-state index contributed by atoms with van der Waals surface area (Å²) in [6.45, 7) is 3.64. The molecule has 1 aromatic carbocycles. The second kappa shape index (κ2) is 9.70. The molecule has 0 saturated carbocycles. The van der Waals surface area contributed by atoms with Gasteiger partial charge in [0.15, 0.2) is 5.78 Å². The number of nitrogens with zero attached hydrogens (tertiary/aromatic N) is 2. The van der Waals surface area contributed by atoms with Crippen LogP contribution in [-0.4, -0.2) is 60.0 Å². The van der Waals surface area contributed by atoms with E-state index in [0.29, 0.717) is 36.8 Å². The number of thiophene rings is 1. The first-order valence-electron chi connectivity index (χ1n) is 10.7. The molecule has 0 radical (unpaired) electrons. The van der Waals surface area contributed by atoms with Gasteiger partial charge in [0.1, 0.15) is 34.7 Å². The van der Waals surface area contributed by atoms with Gasteiger partial charge >= 0.3 is 0 Å². The minimum atomic E-state index is -0.330. The summed E-state index contributed by atoms with van der Waals surface area (Å²) < 4.78 is 18.7. The molecule has 2 aliphatic rings. The molecule has 0 bridgehead atoms. The summed E-state index contributed by atoms with van der Waals surface area (Å²) in [5.74, 6) is 1.49. The van der Waals surface area contributed by atoms with Gasteiger partial charge in [-0.25, -0.2) is 4.39 Å². The molecule has 4 rings (SSSR count). The molecule has 0 aliphatic carbocycles. The van der Waals surface area contributed by atoms with Crippen LogP contribution >= 0.6 is 11.3 Å². The highest BCUT2D eigenvalue weighted by Gasteiger charge is 2.30. The maximum Gasteiger partial charge on any atom is 0.162 e. The van der Waals surface area contributed by atoms with E-state index in [-0.39, 0.29) is 17.5 Å². The SMILES string of the molecule is N=C1c2sccc2OCCN1C(=N)C1CCN(CCCC(=O)c2ccc(F)cc2)CC1. The van der Waals surface area contributed by atoms with Crippen molar-refractivity contribution in [3.05, 3.63) is 52.0 Å². The highest BCUT2D eigenvalue weighted by atomic mass is 32.1. The normalized spacial score (nSPS) is 17.7. The molecule has 8 heteroatoms. The van der Waals surface area contributed by atoms with Crippen LogP contribution in [0.15, 0.2) is 35.7 Å². The van der Waals surface area contributed by atoms with E-state index in [0.717, 1.165) is 49.5 Å². The zero-order valence-electron chi connectivity index (χ0n) is 17.4. The van der Waals surface area contributed by atoms with Crippen LogP contribution in [0.2, 0.25) is 0 Å². The molecular weight excluding hydrogens is 415 g/mol. The van der Waals surface area contributed by atoms with Crippen LogP contribution in [0.4, 0.5) is 4.39 Å². The van der Waals surface area contributed by atoms with E-state index in [1.165, 1.54) is 23.5 Å². The predicted molar refractivity (Wildman–Crippen MR) is 120 cm³/mol. The number of ketones is 1. The first-order chi connectivity index (χ1) is 15.0. The zero-order valence-corrected chi connectivity index (χ0v) is 18.2. The van der Waals surface area contributed by atoms with Crippen molar-refractivity contribution in [1.82, 2.24) is 9.80 Å². The molecule has 0 spiro atoms. The number of likely N-dealkylation sites (tertiary alicyclic amines) is 1. The standard InChI is InChI=1S/C23H27FN4O2S/c24-18-5-3-16(4-6-18)19(29)2-1-10-27-11-7-17(8-12-27)22(25)28-13-14-30-20-9-15-31-21(20)23(28)26/h3-6,9,15,17,25-26H,1-2,7-8,10-14H2. The van der Waals surface area contributed by atoms with Gasteiger partial charge in [-0.1, -0.05) is 0 Å². The maximum absolute atomic E-state index is 13.0. The first kappa shape index (κ1) is 21.6. The molecule has 0 atom stereocenters. The van der Waals surface area contributed by atoms with Gasteiger partial charge in [0.25, 0.3) is 0 Å². The predicted octanol–water partition coefficient (Wildman–Crippen LogP) is 4.26. The minimum absolute atomic E-state index is 0.0477. The number of carbonyl (C=O) groups excluding carboxylic acids is 1. The topological polar surface area (TPSA) is 80.5 Å². The van der Waals surface area contributed by atoms with E-state index in [9.17, 15) is 9.18 Å². The molecule has 6 nitrogen and oxygen atoms in total. The molecule has 1 fully saturated rings. The number of rotatable bonds is 6. The van der Waals surface area contributed by atoms with Crippen molar-refractivity contribution in [3.63, 3.8) is 0 Å². The fourth-order valence-corrected chi connectivity index (χ4v) is 4.99. The quantitative estimate of drug-likeness (QED) is 0.398. The molecule has 2 aromatic rings. The number of carbonyl (C=O) groups is 1. The number of Topliss-reactive ketones (excluding diaryl/α,β-unsaturated/α-hetero) is 1. The van der Waals surface area contributed by atoms with E-state index in [4.69, 9.17) is 15.6 Å². The summed E-state index contributed by atoms with van der Waals surface area (Å²) in [4.78, 5) is 17.2. The molecule has 1 saturated heterocycles. The van der Waals surface area contributed by atoms with Crippen LogP contribution in [0.5, 0.6) is 5.75 Å². The summed E-state index contributed by atoms with van der Waals surface area (Å²) in [7, 11) is 0. The lowest BCUT2D eigenvalue weighted by Crippen LogP contribution is -2.45. The minimum Gasteiger partial charge on any atom is -0.490 e. The van der Waals surface area contributed by atoms with Crippen LogP contribution in [0.25, 0.3) is 0 Å². The molecule has 31 heavy (non-hydrogen) atoms. The van der Waals surface area contributed by atoms with Crippen molar-refractivity contribution < 1.29 is 13.9 Å². The van der Waals surface area contributed by atoms with Gasteiger partial charge in [0, 0.05) is 17.9 Å². The van der Waals surface area contributed by atoms with Crippen molar-refractivity contribution in [2.45, 2.75) is 25.7 Å². The van der Waals surface area contributed by atoms with Gasteiger partial charge in [0.2, 0.25) is 0 Å². The summed E-state index contributed by atoms with van der Waals surface area (Å²) in [6.07, 6.45) is 2.99. The van der Waals surface area contributed by atoms with E-state index in [1.54, 1.807) is 17.0 Å². The third kappa shape index (κ3) is 5.02. The number of amidine groups is 2.